The van der Waals surface area contributed by atoms with Crippen molar-refractivity contribution in [3.63, 3.8) is 0 Å². The molecule has 10 heteroatoms. The van der Waals surface area contributed by atoms with Crippen molar-refractivity contribution in [2.45, 2.75) is 6.42 Å². The third-order valence-corrected chi connectivity index (χ3v) is 6.41. The number of pyridine rings is 1. The number of rotatable bonds is 5. The number of carbonyl (C=O) groups excluding carboxylic acids is 1. The number of nitrogens with zero attached hydrogens (tertiary/aromatic N) is 3. The maximum absolute atomic E-state index is 13.3. The van der Waals surface area contributed by atoms with E-state index in [-0.39, 0.29) is 21.2 Å². The predicted molar refractivity (Wildman–Crippen MR) is 138 cm³/mol. The molecular weight excluding hydrogens is 528 g/mol. The molecular formula is C26H17Cl3FN3O3. The summed E-state index contributed by atoms with van der Waals surface area (Å²) in [6.07, 6.45) is 2.92. The Morgan fingerprint density at radius 2 is 1.69 bits per heavy atom. The van der Waals surface area contributed by atoms with Gasteiger partial charge in [0.1, 0.15) is 17.8 Å². The van der Waals surface area contributed by atoms with Gasteiger partial charge in [0, 0.05) is 22.2 Å². The van der Waals surface area contributed by atoms with E-state index in [1.165, 1.54) is 24.5 Å². The van der Waals surface area contributed by atoms with Gasteiger partial charge in [-0.05, 0) is 48.0 Å². The van der Waals surface area contributed by atoms with Crippen LogP contribution in [-0.4, -0.2) is 27.2 Å². The quantitative estimate of drug-likeness (QED) is 0.262. The molecule has 2 heterocycles. The van der Waals surface area contributed by atoms with Crippen molar-refractivity contribution in [1.29, 1.82) is 0 Å². The van der Waals surface area contributed by atoms with E-state index >= 15 is 0 Å². The SMILES string of the molecule is O=C(N=c1c(Cl)cn(O)cc1Cl)c1cccc2c1c1cc(Cl)ccc1n2OCCc1ccc(F)cc1. The molecule has 0 spiro atoms. The normalized spacial score (nSPS) is 11.2. The highest BCUT2D eigenvalue weighted by atomic mass is 35.5. The highest BCUT2D eigenvalue weighted by Gasteiger charge is 2.19. The largest absolute Gasteiger partial charge is 0.429 e. The molecule has 6 nitrogen and oxygen atoms in total. The lowest BCUT2D eigenvalue weighted by molar-refractivity contribution is 0.0999. The van der Waals surface area contributed by atoms with Gasteiger partial charge in [-0.2, -0.15) is 9.46 Å². The van der Waals surface area contributed by atoms with Gasteiger partial charge in [-0.25, -0.2) is 9.38 Å². The molecule has 0 aliphatic rings. The Hall–Kier alpha value is -3.52. The van der Waals surface area contributed by atoms with Crippen molar-refractivity contribution in [3.8, 4) is 0 Å². The van der Waals surface area contributed by atoms with E-state index in [1.54, 1.807) is 41.1 Å². The van der Waals surface area contributed by atoms with Crippen molar-refractivity contribution in [1.82, 2.24) is 9.46 Å². The molecule has 0 saturated carbocycles. The van der Waals surface area contributed by atoms with Crippen LogP contribution in [0.4, 0.5) is 4.39 Å². The van der Waals surface area contributed by atoms with Crippen molar-refractivity contribution in [2.75, 3.05) is 6.61 Å². The van der Waals surface area contributed by atoms with Gasteiger partial charge >= 0.3 is 0 Å². The van der Waals surface area contributed by atoms with Gasteiger partial charge in [0.05, 0.1) is 39.0 Å². The lowest BCUT2D eigenvalue weighted by atomic mass is 10.1. The number of hydrogen-bond donors (Lipinski definition) is 1. The number of aromatic nitrogens is 2. The van der Waals surface area contributed by atoms with E-state index in [9.17, 15) is 14.4 Å². The van der Waals surface area contributed by atoms with Crippen LogP contribution in [0.1, 0.15) is 15.9 Å². The molecule has 0 aliphatic carbocycles. The highest BCUT2D eigenvalue weighted by Crippen LogP contribution is 2.33. The van der Waals surface area contributed by atoms with E-state index in [1.807, 2.05) is 12.1 Å². The lowest BCUT2D eigenvalue weighted by Crippen LogP contribution is -2.14. The molecule has 0 bridgehead atoms. The van der Waals surface area contributed by atoms with Gasteiger partial charge in [-0.1, -0.05) is 53.0 Å². The summed E-state index contributed by atoms with van der Waals surface area (Å²) in [4.78, 5) is 23.6. The Morgan fingerprint density at radius 3 is 2.42 bits per heavy atom. The third-order valence-electron chi connectivity index (χ3n) is 5.62. The minimum Gasteiger partial charge on any atom is -0.429 e. The second kappa shape index (κ2) is 9.85. The van der Waals surface area contributed by atoms with Crippen molar-refractivity contribution < 1.29 is 19.2 Å². The van der Waals surface area contributed by atoms with Gasteiger partial charge < -0.3 is 10.0 Å². The first-order valence-electron chi connectivity index (χ1n) is 10.8. The Bertz CT molecular complexity index is 1670. The zero-order valence-corrected chi connectivity index (χ0v) is 20.7. The van der Waals surface area contributed by atoms with Gasteiger partial charge in [-0.15, -0.1) is 0 Å². The maximum Gasteiger partial charge on any atom is 0.278 e. The minimum atomic E-state index is -0.578. The van der Waals surface area contributed by atoms with E-state index < -0.39 is 5.91 Å². The Balaban J connectivity index is 1.60. The number of halogens is 4. The summed E-state index contributed by atoms with van der Waals surface area (Å²) in [5, 5.41) is 11.5. The minimum absolute atomic E-state index is 0.0140. The second-order valence-electron chi connectivity index (χ2n) is 7.96. The smallest absolute Gasteiger partial charge is 0.278 e. The molecule has 2 aromatic heterocycles. The Morgan fingerprint density at radius 1 is 0.972 bits per heavy atom. The third kappa shape index (κ3) is 4.65. The van der Waals surface area contributed by atoms with Crippen LogP contribution in [-0.2, 0) is 6.42 Å². The van der Waals surface area contributed by atoms with Crippen LogP contribution in [0.15, 0.2) is 78.0 Å². The van der Waals surface area contributed by atoms with Crippen LogP contribution in [0, 0.1) is 5.82 Å². The molecule has 1 amide bonds. The molecule has 0 radical (unpaired) electrons. The van der Waals surface area contributed by atoms with Crippen LogP contribution in [0.2, 0.25) is 15.1 Å². The van der Waals surface area contributed by atoms with Crippen molar-refractivity contribution in [2.24, 2.45) is 4.99 Å². The Kier molecular flexibility index (Phi) is 6.62. The molecule has 3 aromatic carbocycles. The number of benzene rings is 3. The fraction of sp³-hybridized carbons (Fsp3) is 0.0769. The van der Waals surface area contributed by atoms with Crippen LogP contribution in [0.25, 0.3) is 21.8 Å². The van der Waals surface area contributed by atoms with Gasteiger partial charge in [0.25, 0.3) is 5.91 Å². The van der Waals surface area contributed by atoms with Crippen molar-refractivity contribution in [3.05, 3.63) is 110 Å². The van der Waals surface area contributed by atoms with Crippen LogP contribution >= 0.6 is 34.8 Å². The zero-order valence-electron chi connectivity index (χ0n) is 18.5. The van der Waals surface area contributed by atoms with E-state index in [2.05, 4.69) is 4.99 Å². The number of fused-ring (bicyclic) bond motifs is 3. The molecule has 1 N–H and O–H groups in total. The molecule has 0 fully saturated rings. The molecule has 0 unspecified atom stereocenters. The van der Waals surface area contributed by atoms with Gasteiger partial charge in [0.2, 0.25) is 0 Å². The first kappa shape index (κ1) is 24.2. The highest BCUT2D eigenvalue weighted by molar-refractivity contribution is 6.34. The van der Waals surface area contributed by atoms with E-state index in [0.29, 0.717) is 50.2 Å². The molecule has 0 saturated heterocycles. The second-order valence-corrected chi connectivity index (χ2v) is 9.22. The predicted octanol–water partition coefficient (Wildman–Crippen LogP) is 6.35. The molecule has 0 aliphatic heterocycles. The van der Waals surface area contributed by atoms with Gasteiger partial charge in [0.15, 0.2) is 0 Å². The average Bonchev–Trinajstić information content (AvgIpc) is 3.15. The van der Waals surface area contributed by atoms with Crippen LogP contribution < -0.4 is 10.2 Å². The molecule has 0 atom stereocenters. The molecule has 182 valence electrons. The summed E-state index contributed by atoms with van der Waals surface area (Å²) < 4.78 is 15.5. The molecule has 36 heavy (non-hydrogen) atoms. The Labute approximate surface area is 219 Å². The first-order valence-corrected chi connectivity index (χ1v) is 11.9. The lowest BCUT2D eigenvalue weighted by Gasteiger charge is -2.10. The molecule has 5 aromatic rings. The average molecular weight is 545 g/mol. The standard InChI is InChI=1S/C26H17Cl3FN3O3/c27-16-6-9-22-19(12-16)24-18(26(34)31-25-20(28)13-32(35)14-21(25)29)2-1-3-23(24)33(22)36-11-10-15-4-7-17(30)8-5-15/h1-9,12-14,35H,10-11H2. The topological polar surface area (TPSA) is 68.8 Å². The molecule has 5 rings (SSSR count). The fourth-order valence-electron chi connectivity index (χ4n) is 4.01. The first-order chi connectivity index (χ1) is 17.3. The fourth-order valence-corrected chi connectivity index (χ4v) is 4.71. The zero-order chi connectivity index (χ0) is 25.4. The van der Waals surface area contributed by atoms with Crippen molar-refractivity contribution >= 4 is 62.5 Å². The summed E-state index contributed by atoms with van der Waals surface area (Å²) in [5.41, 5.74) is 2.58. The van der Waals surface area contributed by atoms with Gasteiger partial charge in [-0.3, -0.25) is 4.79 Å². The summed E-state index contributed by atoms with van der Waals surface area (Å²) in [6, 6.07) is 16.7. The summed E-state index contributed by atoms with van der Waals surface area (Å²) in [7, 11) is 0. The summed E-state index contributed by atoms with van der Waals surface area (Å²) >= 11 is 18.6. The van der Waals surface area contributed by atoms with E-state index in [0.717, 1.165) is 5.56 Å². The number of amides is 1. The van der Waals surface area contributed by atoms with Crippen LogP contribution in [0.5, 0.6) is 0 Å². The number of carbonyl (C=O) groups is 1. The summed E-state index contributed by atoms with van der Waals surface area (Å²) in [5.74, 6) is -0.874. The maximum atomic E-state index is 13.3. The van der Waals surface area contributed by atoms with E-state index in [4.69, 9.17) is 39.6 Å². The van der Waals surface area contributed by atoms with Crippen LogP contribution in [0.3, 0.4) is 0 Å². The summed E-state index contributed by atoms with van der Waals surface area (Å²) in [6.45, 7) is 0.312. The monoisotopic (exact) mass is 543 g/mol. The number of hydrogen-bond acceptors (Lipinski definition) is 3.